The number of nitrogens with two attached hydrogens (primary N) is 1. The van der Waals surface area contributed by atoms with Gasteiger partial charge in [0.2, 0.25) is 0 Å². The van der Waals surface area contributed by atoms with Gasteiger partial charge in [-0.3, -0.25) is 0 Å². The van der Waals surface area contributed by atoms with Gasteiger partial charge < -0.3 is 10.5 Å². The van der Waals surface area contributed by atoms with Crippen LogP contribution in [0.5, 0.6) is 5.75 Å². The Morgan fingerprint density at radius 3 is 2.69 bits per heavy atom. The first-order valence-electron chi connectivity index (χ1n) is 5.12. The van der Waals surface area contributed by atoms with Gasteiger partial charge in [-0.25, -0.2) is 0 Å². The van der Waals surface area contributed by atoms with Crippen LogP contribution in [0.25, 0.3) is 0 Å². The van der Waals surface area contributed by atoms with Crippen LogP contribution in [-0.4, -0.2) is 7.11 Å². The third-order valence-corrected chi connectivity index (χ3v) is 3.81. The Morgan fingerprint density at radius 1 is 1.25 bits per heavy atom. The van der Waals surface area contributed by atoms with E-state index in [9.17, 15) is 0 Å². The van der Waals surface area contributed by atoms with Crippen LogP contribution >= 0.6 is 11.3 Å². The van der Waals surface area contributed by atoms with Crippen LogP contribution in [0.1, 0.15) is 17.4 Å². The summed E-state index contributed by atoms with van der Waals surface area (Å²) < 4.78 is 5.22. The normalized spacial score (nSPS) is 14.4. The molecule has 2 rings (SSSR count). The predicted octanol–water partition coefficient (Wildman–Crippen LogP) is 2.98. The highest BCUT2D eigenvalue weighted by molar-refractivity contribution is 7.10. The number of rotatable bonds is 3. The summed E-state index contributed by atoms with van der Waals surface area (Å²) in [5.41, 5.74) is 6.99. The highest BCUT2D eigenvalue weighted by Gasteiger charge is 2.24. The molecule has 1 heterocycles. The van der Waals surface area contributed by atoms with Crippen molar-refractivity contribution in [3.05, 3.63) is 52.2 Å². The van der Waals surface area contributed by atoms with Gasteiger partial charge in [0.1, 0.15) is 5.75 Å². The monoisotopic (exact) mass is 233 g/mol. The summed E-state index contributed by atoms with van der Waals surface area (Å²) in [5, 5.41) is 2.04. The maximum Gasteiger partial charge on any atom is 0.119 e. The second kappa shape index (κ2) is 4.28. The highest BCUT2D eigenvalue weighted by atomic mass is 32.1. The van der Waals surface area contributed by atoms with Gasteiger partial charge in [-0.05, 0) is 36.1 Å². The van der Waals surface area contributed by atoms with E-state index in [4.69, 9.17) is 10.5 Å². The standard InChI is InChI=1S/C13H15NOS/c1-13(14,12-7-4-8-16-12)10-5-3-6-11(9-10)15-2/h3-9H,14H2,1-2H3. The molecule has 0 radical (unpaired) electrons. The van der Waals surface area contributed by atoms with E-state index >= 15 is 0 Å². The third-order valence-electron chi connectivity index (χ3n) is 2.70. The summed E-state index contributed by atoms with van der Waals surface area (Å²) in [5.74, 6) is 0.839. The van der Waals surface area contributed by atoms with Crippen LogP contribution in [0.4, 0.5) is 0 Å². The number of thiophene rings is 1. The van der Waals surface area contributed by atoms with Crippen molar-refractivity contribution in [2.75, 3.05) is 7.11 Å². The van der Waals surface area contributed by atoms with E-state index in [0.717, 1.165) is 16.2 Å². The number of hydrogen-bond acceptors (Lipinski definition) is 3. The molecule has 0 aliphatic rings. The van der Waals surface area contributed by atoms with E-state index in [2.05, 4.69) is 6.07 Å². The van der Waals surface area contributed by atoms with Crippen molar-refractivity contribution in [3.8, 4) is 5.75 Å². The van der Waals surface area contributed by atoms with Crippen molar-refractivity contribution in [3.63, 3.8) is 0 Å². The molecule has 1 atom stereocenters. The molecule has 0 amide bonds. The minimum absolute atomic E-state index is 0.456. The fourth-order valence-electron chi connectivity index (χ4n) is 1.66. The van der Waals surface area contributed by atoms with E-state index in [1.807, 2.05) is 42.6 Å². The van der Waals surface area contributed by atoms with Crippen molar-refractivity contribution >= 4 is 11.3 Å². The molecule has 0 aliphatic carbocycles. The second-order valence-electron chi connectivity index (χ2n) is 3.91. The number of hydrogen-bond donors (Lipinski definition) is 1. The van der Waals surface area contributed by atoms with E-state index in [-0.39, 0.29) is 0 Å². The summed E-state index contributed by atoms with van der Waals surface area (Å²) in [6.07, 6.45) is 0. The molecule has 0 fully saturated rings. The molecule has 1 aromatic carbocycles. The molecule has 0 spiro atoms. The Hall–Kier alpha value is -1.32. The van der Waals surface area contributed by atoms with Crippen molar-refractivity contribution in [1.29, 1.82) is 0 Å². The molecule has 0 saturated heterocycles. The van der Waals surface area contributed by atoms with Crippen molar-refractivity contribution in [1.82, 2.24) is 0 Å². The molecule has 16 heavy (non-hydrogen) atoms. The quantitative estimate of drug-likeness (QED) is 0.884. The van der Waals surface area contributed by atoms with E-state index < -0.39 is 5.54 Å². The summed E-state index contributed by atoms with van der Waals surface area (Å²) in [7, 11) is 1.66. The molecule has 2 N–H and O–H groups in total. The Labute approximate surface area is 99.7 Å². The Kier molecular flexibility index (Phi) is 2.99. The molecular weight excluding hydrogens is 218 g/mol. The van der Waals surface area contributed by atoms with Gasteiger partial charge in [0.15, 0.2) is 0 Å². The highest BCUT2D eigenvalue weighted by Crippen LogP contribution is 2.31. The minimum Gasteiger partial charge on any atom is -0.497 e. The molecule has 2 aromatic rings. The van der Waals surface area contributed by atoms with Gasteiger partial charge in [-0.2, -0.15) is 0 Å². The van der Waals surface area contributed by atoms with Crippen LogP contribution in [0.2, 0.25) is 0 Å². The lowest BCUT2D eigenvalue weighted by molar-refractivity contribution is 0.413. The summed E-state index contributed by atoms with van der Waals surface area (Å²) in [6, 6.07) is 12.0. The molecular formula is C13H15NOS. The molecule has 84 valence electrons. The van der Waals surface area contributed by atoms with Gasteiger partial charge in [-0.15, -0.1) is 11.3 Å². The fourth-order valence-corrected chi connectivity index (χ4v) is 2.49. The van der Waals surface area contributed by atoms with Gasteiger partial charge in [-0.1, -0.05) is 18.2 Å². The average Bonchev–Trinajstić information content (AvgIpc) is 2.83. The molecule has 0 aliphatic heterocycles. The van der Waals surface area contributed by atoms with Gasteiger partial charge in [0, 0.05) is 4.88 Å². The zero-order valence-electron chi connectivity index (χ0n) is 9.44. The summed E-state index contributed by atoms with van der Waals surface area (Å²) in [6.45, 7) is 2.02. The van der Waals surface area contributed by atoms with Crippen LogP contribution in [0, 0.1) is 0 Å². The van der Waals surface area contributed by atoms with Crippen LogP contribution in [-0.2, 0) is 5.54 Å². The first-order valence-corrected chi connectivity index (χ1v) is 6.00. The predicted molar refractivity (Wildman–Crippen MR) is 68.0 cm³/mol. The number of ether oxygens (including phenoxy) is 1. The lowest BCUT2D eigenvalue weighted by Gasteiger charge is -2.24. The van der Waals surface area contributed by atoms with Crippen molar-refractivity contribution in [2.24, 2.45) is 5.73 Å². The van der Waals surface area contributed by atoms with Gasteiger partial charge in [0.05, 0.1) is 12.6 Å². The maximum atomic E-state index is 6.38. The largest absolute Gasteiger partial charge is 0.497 e. The maximum absolute atomic E-state index is 6.38. The van der Waals surface area contributed by atoms with Crippen LogP contribution < -0.4 is 10.5 Å². The van der Waals surface area contributed by atoms with E-state index in [0.29, 0.717) is 0 Å². The zero-order chi connectivity index (χ0) is 11.6. The smallest absolute Gasteiger partial charge is 0.119 e. The molecule has 1 unspecified atom stereocenters. The fraction of sp³-hybridized carbons (Fsp3) is 0.231. The zero-order valence-corrected chi connectivity index (χ0v) is 10.3. The average molecular weight is 233 g/mol. The first kappa shape index (κ1) is 11.2. The van der Waals surface area contributed by atoms with E-state index in [1.165, 1.54) is 0 Å². The second-order valence-corrected chi connectivity index (χ2v) is 4.86. The van der Waals surface area contributed by atoms with Crippen LogP contribution in [0.3, 0.4) is 0 Å². The lowest BCUT2D eigenvalue weighted by atomic mass is 9.91. The Balaban J connectivity index is 2.42. The summed E-state index contributed by atoms with van der Waals surface area (Å²) >= 11 is 1.67. The minimum atomic E-state index is -0.456. The molecule has 0 saturated carbocycles. The topological polar surface area (TPSA) is 35.2 Å². The molecule has 3 heteroatoms. The lowest BCUT2D eigenvalue weighted by Crippen LogP contribution is -2.33. The third kappa shape index (κ3) is 1.96. The first-order chi connectivity index (χ1) is 7.64. The Morgan fingerprint density at radius 2 is 2.06 bits per heavy atom. The number of benzene rings is 1. The molecule has 0 bridgehead atoms. The molecule has 1 aromatic heterocycles. The van der Waals surface area contributed by atoms with Gasteiger partial charge >= 0.3 is 0 Å². The van der Waals surface area contributed by atoms with E-state index in [1.54, 1.807) is 18.4 Å². The molecule has 2 nitrogen and oxygen atoms in total. The summed E-state index contributed by atoms with van der Waals surface area (Å²) in [4.78, 5) is 1.15. The van der Waals surface area contributed by atoms with Crippen LogP contribution in [0.15, 0.2) is 41.8 Å². The van der Waals surface area contributed by atoms with Crippen molar-refractivity contribution in [2.45, 2.75) is 12.5 Å². The van der Waals surface area contributed by atoms with Crippen molar-refractivity contribution < 1.29 is 4.74 Å². The SMILES string of the molecule is COc1cccc(C(C)(N)c2cccs2)c1. The Bertz CT molecular complexity index is 463. The van der Waals surface area contributed by atoms with Gasteiger partial charge in [0.25, 0.3) is 0 Å². The number of methoxy groups -OCH3 is 1.